The number of amides is 4. The number of piperazine rings is 1. The molecule has 13 rings (SSSR count). The van der Waals surface area contributed by atoms with Crippen molar-refractivity contribution in [1.82, 2.24) is 29.7 Å². The molecular weight excluding hydrogens is 1700 g/mol. The molecule has 0 saturated carbocycles. The lowest BCUT2D eigenvalue weighted by molar-refractivity contribution is -0.686. The van der Waals surface area contributed by atoms with Gasteiger partial charge in [-0.05, 0) is 104 Å². The number of Topliss-reactive ketones (excluding diaryl/α,β-unsaturated/α-hetero) is 1. The molecule has 9 aromatic rings. The lowest BCUT2D eigenvalue weighted by atomic mass is 9.90. The Kier molecular flexibility index (Phi) is 45.3. The number of unbranched alkanes of at least 4 members (excludes halogenated alkanes) is 5. The van der Waals surface area contributed by atoms with Gasteiger partial charge in [-0.2, -0.15) is 22.8 Å². The molecule has 4 aliphatic rings. The summed E-state index contributed by atoms with van der Waals surface area (Å²) in [6.07, 6.45) is 15.6. The largest absolute Gasteiger partial charge is 1.00 e. The highest BCUT2D eigenvalue weighted by molar-refractivity contribution is 7.10. The molecule has 4 amide bonds. The molecule has 112 heavy (non-hydrogen) atoms. The van der Waals surface area contributed by atoms with E-state index in [-0.39, 0.29) is 101 Å². The molecule has 2 atom stereocenters. The Morgan fingerprint density at radius 1 is 0.482 bits per heavy atom. The topological polar surface area (TPSA) is 156 Å². The summed E-state index contributed by atoms with van der Waals surface area (Å²) in [7, 11) is 0. The fraction of sp³-hybridized carbons (Fsp3) is 0.512. The second kappa shape index (κ2) is 51.4. The van der Waals surface area contributed by atoms with Gasteiger partial charge in [0.15, 0.2) is 28.5 Å². The fourth-order valence-corrected chi connectivity index (χ4v) is 17.9. The number of ether oxygens (including phenoxy) is 1. The van der Waals surface area contributed by atoms with Crippen molar-refractivity contribution in [2.75, 3.05) is 65.6 Å². The van der Waals surface area contributed by atoms with E-state index in [1.807, 2.05) is 76.8 Å². The van der Waals surface area contributed by atoms with Crippen LogP contribution in [0, 0.1) is 61.3 Å². The molecule has 28 heteroatoms. The SMILES string of the molecule is CCCCCCCCc1csc[n+]1CC(=O)c1cc(-c2ccccc2)no1.Cc1sc[n+](CC(=O)N2C(C)CCCC2C)c1C.Cc1sc[n+](CC(=O)N2CCC(Cc3ccccc3)CC2)c1C.Cc1sc[n+](CC(=O)N2CCN(Cc3ccccc3)CC2)c1C.Cc1sc[n+](CC(=O)N2CCOCC2)c1C.[Br-].[Br-].[Cl-].[Cl-].[Cl-]. The number of aromatic nitrogens is 6. The molecule has 0 N–H and O–H groups in total. The summed E-state index contributed by atoms with van der Waals surface area (Å²) in [6, 6.07) is 33.5. The summed E-state index contributed by atoms with van der Waals surface area (Å²) in [6.45, 7) is 34.6. The van der Waals surface area contributed by atoms with Crippen LogP contribution in [0.3, 0.4) is 0 Å². The molecule has 0 spiro atoms. The molecular formula is C84H116Br2Cl3N11O7S5. The van der Waals surface area contributed by atoms with Crippen molar-refractivity contribution >= 4 is 86.1 Å². The molecule has 2 unspecified atom stereocenters. The van der Waals surface area contributed by atoms with Crippen LogP contribution < -0.4 is 94.0 Å². The number of aryl methyl sites for hydroxylation is 5. The Morgan fingerprint density at radius 3 is 1.38 bits per heavy atom. The molecule has 4 saturated heterocycles. The molecule has 10 heterocycles. The number of nitrogens with zero attached hydrogens (tertiary/aromatic N) is 11. The first kappa shape index (κ1) is 98.7. The predicted molar refractivity (Wildman–Crippen MR) is 429 cm³/mol. The Balaban J connectivity index is 0.000000295. The number of thiazole rings is 5. The number of likely N-dealkylation sites (tertiary alicyclic amines) is 2. The summed E-state index contributed by atoms with van der Waals surface area (Å²) < 4.78 is 20.8. The third kappa shape index (κ3) is 30.4. The monoisotopic (exact) mass is 1810 g/mol. The number of carbonyl (C=O) groups excluding carboxylic acids is 5. The van der Waals surface area contributed by atoms with E-state index in [9.17, 15) is 24.0 Å². The highest BCUT2D eigenvalue weighted by Gasteiger charge is 2.33. The summed E-state index contributed by atoms with van der Waals surface area (Å²) in [4.78, 5) is 77.6. The van der Waals surface area contributed by atoms with Crippen LogP contribution in [0.1, 0.15) is 161 Å². The van der Waals surface area contributed by atoms with Crippen LogP contribution in [0.25, 0.3) is 11.3 Å². The number of benzene rings is 3. The summed E-state index contributed by atoms with van der Waals surface area (Å²) in [5, 5.41) is 6.19. The van der Waals surface area contributed by atoms with Crippen molar-refractivity contribution in [3.63, 3.8) is 0 Å². The van der Waals surface area contributed by atoms with E-state index in [0.717, 1.165) is 103 Å². The maximum absolute atomic E-state index is 12.6. The highest BCUT2D eigenvalue weighted by atomic mass is 79.9. The van der Waals surface area contributed by atoms with E-state index >= 15 is 0 Å². The maximum atomic E-state index is 12.6. The second-order valence-corrected chi connectivity index (χ2v) is 33.9. The third-order valence-corrected chi connectivity index (χ3v) is 26.1. The van der Waals surface area contributed by atoms with E-state index in [1.54, 1.807) is 62.8 Å². The van der Waals surface area contributed by atoms with Crippen LogP contribution in [0.15, 0.2) is 135 Å². The van der Waals surface area contributed by atoms with Gasteiger partial charge in [-0.3, -0.25) is 28.9 Å². The Morgan fingerprint density at radius 2 is 0.911 bits per heavy atom. The normalized spacial score (nSPS) is 15.4. The average molecular weight is 1820 g/mol. The van der Waals surface area contributed by atoms with Crippen LogP contribution in [0.2, 0.25) is 0 Å². The maximum Gasteiger partial charge on any atom is 0.289 e. The zero-order chi connectivity index (χ0) is 76.2. The predicted octanol–water partition coefficient (Wildman–Crippen LogP) is -1.42. The molecule has 0 radical (unpaired) electrons. The van der Waals surface area contributed by atoms with E-state index in [2.05, 4.69) is 176 Å². The number of rotatable bonds is 23. The first-order valence-electron chi connectivity index (χ1n) is 38.5. The van der Waals surface area contributed by atoms with Gasteiger partial charge in [-0.1, -0.05) is 192 Å². The Bertz CT molecular complexity index is 4110. The minimum absolute atomic E-state index is 0. The van der Waals surface area contributed by atoms with Crippen LogP contribution in [0.4, 0.5) is 0 Å². The first-order valence-corrected chi connectivity index (χ1v) is 43.0. The minimum atomic E-state index is -0.0442. The van der Waals surface area contributed by atoms with Gasteiger partial charge in [0.2, 0.25) is 66.0 Å². The first-order chi connectivity index (χ1) is 51.7. The van der Waals surface area contributed by atoms with E-state index in [4.69, 9.17) is 9.26 Å². The van der Waals surface area contributed by atoms with Gasteiger partial charge in [-0.15, -0.1) is 0 Å². The van der Waals surface area contributed by atoms with Crippen molar-refractivity contribution in [3.05, 3.63) is 195 Å². The third-order valence-electron chi connectivity index (χ3n) is 21.3. The number of ketones is 1. The van der Waals surface area contributed by atoms with Crippen LogP contribution in [-0.4, -0.2) is 137 Å². The number of morpholine rings is 1. The molecule has 614 valence electrons. The zero-order valence-electron chi connectivity index (χ0n) is 67.1. The zero-order valence-corrected chi connectivity index (χ0v) is 76.7. The van der Waals surface area contributed by atoms with Crippen molar-refractivity contribution in [2.24, 2.45) is 5.92 Å². The molecule has 6 aromatic heterocycles. The molecule has 0 bridgehead atoms. The van der Waals surface area contributed by atoms with Gasteiger partial charge < -0.3 is 100 Å². The van der Waals surface area contributed by atoms with Crippen LogP contribution in [-0.2, 0) is 76.0 Å². The second-order valence-electron chi connectivity index (χ2n) is 28.9. The number of piperidine rings is 2. The van der Waals surface area contributed by atoms with E-state index in [0.29, 0.717) is 75.4 Å². The Labute approximate surface area is 725 Å². The van der Waals surface area contributed by atoms with Gasteiger partial charge in [0, 0.05) is 117 Å². The average Bonchev–Trinajstić information content (AvgIpc) is 1.33. The number of hydrogen-bond acceptors (Lipinski definition) is 14. The fourth-order valence-electron chi connectivity index (χ4n) is 13.8. The molecule has 18 nitrogen and oxygen atoms in total. The van der Waals surface area contributed by atoms with Crippen molar-refractivity contribution < 1.29 is 127 Å². The summed E-state index contributed by atoms with van der Waals surface area (Å²) in [5.41, 5.74) is 20.6. The van der Waals surface area contributed by atoms with Gasteiger partial charge in [0.1, 0.15) is 5.69 Å². The van der Waals surface area contributed by atoms with Crippen LogP contribution >= 0.6 is 56.7 Å². The van der Waals surface area contributed by atoms with E-state index in [1.165, 1.54) is 104 Å². The van der Waals surface area contributed by atoms with E-state index < -0.39 is 0 Å². The smallest absolute Gasteiger partial charge is 0.289 e. The standard InChI is InChI=1S/C22H27N2O2S.C19H25N2OS.C18H24N3OS.C14H23N2OS.C11H17N2O2S.2BrH.3ClH/c1-2-3-4-5-6-10-13-19-16-27-17-24(19)15-21(25)22-14-20(23-26-22)18-11-8-7-9-12-18;1-15-16(2)23-14-21(15)13-19(22)20-10-8-18(9-11-20)12-17-6-4-3-5-7-17;1-15-16(2)23-14-21(15)13-18(22)20-10-8-19(9-11-20)12-17-6-4-3-5-7-17;1-10-6-5-7-11(2)16(10)14(17)8-15-9-18-13(4)12(15)3;1-9-10(2)16-8-13(9)7-11(14)12-3-5-15-6-4-12;;;;;/h7-9,11-12,14,16-17H,2-6,10,13,15H2,1H3;3-7,14,18H,8-13H2,1-2H3;3-7,14H,8-13H2,1-2H3;9-11H,5-8H2,1-4H3;8H,3-7H2,1-2H3;5*1H/q5*+1;;;;;/p-5. The van der Waals surface area contributed by atoms with Gasteiger partial charge in [0.05, 0.1) is 38.1 Å². The minimum Gasteiger partial charge on any atom is -1.00 e. The summed E-state index contributed by atoms with van der Waals surface area (Å²) in [5.74, 6) is 1.92. The van der Waals surface area contributed by atoms with Gasteiger partial charge in [-0.25, -0.2) is 0 Å². The molecule has 4 fully saturated rings. The quantitative estimate of drug-likeness (QED) is 0.0427. The highest BCUT2D eigenvalue weighted by Crippen LogP contribution is 2.25. The number of hydrogen-bond donors (Lipinski definition) is 0. The molecule has 0 aliphatic carbocycles. The van der Waals surface area contributed by atoms with Crippen LogP contribution in [0.5, 0.6) is 0 Å². The number of halogens is 5. The van der Waals surface area contributed by atoms with Crippen molar-refractivity contribution in [1.29, 1.82) is 0 Å². The van der Waals surface area contributed by atoms with Gasteiger partial charge >= 0.3 is 0 Å². The lowest BCUT2D eigenvalue weighted by Crippen LogP contribution is -3.00. The Hall–Kier alpha value is -5.68. The molecule has 4 aliphatic heterocycles. The lowest BCUT2D eigenvalue weighted by Gasteiger charge is -2.38. The van der Waals surface area contributed by atoms with Gasteiger partial charge in [0.25, 0.3) is 29.4 Å². The van der Waals surface area contributed by atoms with Crippen molar-refractivity contribution in [2.45, 2.75) is 211 Å². The summed E-state index contributed by atoms with van der Waals surface area (Å²) >= 11 is 8.46. The molecule has 3 aromatic carbocycles. The number of carbonyl (C=O) groups is 5. The van der Waals surface area contributed by atoms with Crippen molar-refractivity contribution in [3.8, 4) is 11.3 Å².